The van der Waals surface area contributed by atoms with E-state index in [-0.39, 0.29) is 25.7 Å². The van der Waals surface area contributed by atoms with E-state index in [1.807, 2.05) is 72.8 Å². The summed E-state index contributed by atoms with van der Waals surface area (Å²) in [7, 11) is 0. The molecular formula is C28H31N3O5. The van der Waals surface area contributed by atoms with Gasteiger partial charge >= 0.3 is 6.09 Å². The minimum Gasteiger partial charge on any atom is -0.447 e. The van der Waals surface area contributed by atoms with Crippen LogP contribution in [0.25, 0.3) is 0 Å². The number of carbonyl (C=O) groups is 2. The zero-order valence-electron chi connectivity index (χ0n) is 20.1. The molecule has 0 radical (unpaired) electrons. The quantitative estimate of drug-likeness (QED) is 0.436. The summed E-state index contributed by atoms with van der Waals surface area (Å²) in [5, 5.41) is 0. The first-order valence-electron chi connectivity index (χ1n) is 12.0. The van der Waals surface area contributed by atoms with E-state index in [0.717, 1.165) is 11.1 Å². The van der Waals surface area contributed by atoms with E-state index < -0.39 is 12.1 Å². The number of nitrogens with zero attached hydrogens (tertiary/aromatic N) is 2. The molecule has 0 bridgehead atoms. The number of hydrogen-bond acceptors (Lipinski definition) is 6. The van der Waals surface area contributed by atoms with E-state index in [1.165, 1.54) is 4.90 Å². The van der Waals surface area contributed by atoms with E-state index in [9.17, 15) is 9.59 Å². The van der Waals surface area contributed by atoms with Crippen LogP contribution in [0.3, 0.4) is 0 Å². The lowest BCUT2D eigenvalue weighted by molar-refractivity contribution is -0.119. The van der Waals surface area contributed by atoms with Crippen LogP contribution in [0.4, 0.5) is 16.2 Å². The first-order chi connectivity index (χ1) is 17.6. The third-order valence-corrected chi connectivity index (χ3v) is 5.78. The third kappa shape index (κ3) is 6.69. The summed E-state index contributed by atoms with van der Waals surface area (Å²) in [5.41, 5.74) is 9.46. The Morgan fingerprint density at radius 3 is 1.97 bits per heavy atom. The summed E-state index contributed by atoms with van der Waals surface area (Å²) in [6.07, 6.45) is -0.573. The maximum atomic E-state index is 13.1. The minimum absolute atomic E-state index is 0.0148. The summed E-state index contributed by atoms with van der Waals surface area (Å²) in [6.45, 7) is 1.88. The Bertz CT molecular complexity index is 1130. The first kappa shape index (κ1) is 25.4. The molecule has 3 aromatic rings. The lowest BCUT2D eigenvalue weighted by Gasteiger charge is -2.25. The SMILES string of the molecule is NC1CN(C(=O)OCCOCc2ccccc2)c2ccccc2N(CCOCc2ccccc2)C1=O. The van der Waals surface area contributed by atoms with E-state index in [4.69, 9.17) is 19.9 Å². The predicted octanol–water partition coefficient (Wildman–Crippen LogP) is 3.74. The lowest BCUT2D eigenvalue weighted by Crippen LogP contribution is -2.49. The average molecular weight is 490 g/mol. The summed E-state index contributed by atoms with van der Waals surface area (Å²) < 4.78 is 16.8. The zero-order valence-corrected chi connectivity index (χ0v) is 20.1. The monoisotopic (exact) mass is 489 g/mol. The standard InChI is InChI=1S/C28H31N3O5/c29-24-19-31(28(33)36-18-17-35-21-23-11-5-2-6-12-23)26-14-8-7-13-25(26)30(27(24)32)15-16-34-20-22-9-3-1-4-10-22/h1-14,24H,15-21,29H2. The van der Waals surface area contributed by atoms with Crippen molar-refractivity contribution < 1.29 is 23.8 Å². The number of fused-ring (bicyclic) bond motifs is 1. The van der Waals surface area contributed by atoms with Crippen molar-refractivity contribution >= 4 is 23.4 Å². The molecule has 4 rings (SSSR count). The van der Waals surface area contributed by atoms with Crippen molar-refractivity contribution in [1.29, 1.82) is 0 Å². The van der Waals surface area contributed by atoms with Crippen LogP contribution in [0.2, 0.25) is 0 Å². The number of benzene rings is 3. The highest BCUT2D eigenvalue weighted by Gasteiger charge is 2.34. The molecule has 8 heteroatoms. The fourth-order valence-corrected chi connectivity index (χ4v) is 3.97. The molecule has 0 spiro atoms. The van der Waals surface area contributed by atoms with Crippen molar-refractivity contribution in [1.82, 2.24) is 0 Å². The van der Waals surface area contributed by atoms with Gasteiger partial charge in [0.25, 0.3) is 0 Å². The van der Waals surface area contributed by atoms with Gasteiger partial charge in [-0.25, -0.2) is 4.79 Å². The maximum Gasteiger partial charge on any atom is 0.414 e. The molecule has 1 heterocycles. The van der Waals surface area contributed by atoms with Gasteiger partial charge in [0.05, 0.1) is 44.3 Å². The van der Waals surface area contributed by atoms with Crippen LogP contribution in [0, 0.1) is 0 Å². The van der Waals surface area contributed by atoms with Crippen LogP contribution < -0.4 is 15.5 Å². The molecule has 2 amide bonds. The normalized spacial score (nSPS) is 15.4. The smallest absolute Gasteiger partial charge is 0.414 e. The Morgan fingerprint density at radius 1 is 0.778 bits per heavy atom. The van der Waals surface area contributed by atoms with Crippen LogP contribution in [-0.2, 0) is 32.2 Å². The fourth-order valence-electron chi connectivity index (χ4n) is 3.97. The van der Waals surface area contributed by atoms with Crippen LogP contribution in [0.15, 0.2) is 84.9 Å². The van der Waals surface area contributed by atoms with Gasteiger partial charge < -0.3 is 24.8 Å². The Morgan fingerprint density at radius 2 is 1.33 bits per heavy atom. The molecule has 1 aliphatic rings. The van der Waals surface area contributed by atoms with Crippen molar-refractivity contribution in [2.45, 2.75) is 19.3 Å². The summed E-state index contributed by atoms with van der Waals surface area (Å²) in [6, 6.07) is 25.9. The number of para-hydroxylation sites is 2. The predicted molar refractivity (Wildman–Crippen MR) is 138 cm³/mol. The maximum absolute atomic E-state index is 13.1. The molecule has 3 aromatic carbocycles. The largest absolute Gasteiger partial charge is 0.447 e. The molecule has 1 aliphatic heterocycles. The number of hydrogen-bond donors (Lipinski definition) is 1. The highest BCUT2D eigenvalue weighted by Crippen LogP contribution is 2.32. The molecule has 36 heavy (non-hydrogen) atoms. The van der Waals surface area contributed by atoms with Crippen molar-refractivity contribution in [2.24, 2.45) is 5.73 Å². The Labute approximate surface area is 211 Å². The minimum atomic E-state index is -0.895. The van der Waals surface area contributed by atoms with Crippen molar-refractivity contribution in [2.75, 3.05) is 42.7 Å². The van der Waals surface area contributed by atoms with Gasteiger partial charge in [0, 0.05) is 6.54 Å². The topological polar surface area (TPSA) is 94.3 Å². The highest BCUT2D eigenvalue weighted by atomic mass is 16.6. The molecule has 8 nitrogen and oxygen atoms in total. The van der Waals surface area contributed by atoms with Gasteiger partial charge in [0.2, 0.25) is 5.91 Å². The van der Waals surface area contributed by atoms with E-state index in [2.05, 4.69) is 0 Å². The highest BCUT2D eigenvalue weighted by molar-refractivity contribution is 6.05. The van der Waals surface area contributed by atoms with E-state index >= 15 is 0 Å². The Hall–Kier alpha value is -3.72. The van der Waals surface area contributed by atoms with Crippen LogP contribution >= 0.6 is 0 Å². The molecule has 0 aromatic heterocycles. The van der Waals surface area contributed by atoms with Gasteiger partial charge in [-0.2, -0.15) is 0 Å². The molecule has 0 saturated carbocycles. The Balaban J connectivity index is 1.35. The summed E-state index contributed by atoms with van der Waals surface area (Å²) >= 11 is 0. The molecule has 0 fully saturated rings. The number of carbonyl (C=O) groups excluding carboxylic acids is 2. The van der Waals surface area contributed by atoms with Gasteiger partial charge in [-0.3, -0.25) is 9.69 Å². The van der Waals surface area contributed by atoms with Gasteiger partial charge in [-0.15, -0.1) is 0 Å². The van der Waals surface area contributed by atoms with E-state index in [1.54, 1.807) is 17.0 Å². The number of nitrogens with two attached hydrogens (primary N) is 1. The second-order valence-electron chi connectivity index (χ2n) is 8.39. The third-order valence-electron chi connectivity index (χ3n) is 5.78. The van der Waals surface area contributed by atoms with Crippen LogP contribution in [0.5, 0.6) is 0 Å². The van der Waals surface area contributed by atoms with Crippen molar-refractivity contribution in [3.63, 3.8) is 0 Å². The number of rotatable bonds is 10. The van der Waals surface area contributed by atoms with Gasteiger partial charge in [-0.1, -0.05) is 72.8 Å². The van der Waals surface area contributed by atoms with Gasteiger partial charge in [0.1, 0.15) is 12.6 Å². The first-order valence-corrected chi connectivity index (χ1v) is 12.0. The fraction of sp³-hybridized carbons (Fsp3) is 0.286. The van der Waals surface area contributed by atoms with Crippen LogP contribution in [-0.4, -0.2) is 51.0 Å². The lowest BCUT2D eigenvalue weighted by atomic mass is 10.2. The summed E-state index contributed by atoms with van der Waals surface area (Å²) in [4.78, 5) is 29.1. The zero-order chi connectivity index (χ0) is 25.2. The molecule has 0 aliphatic carbocycles. The Kier molecular flexibility index (Phi) is 9.04. The molecule has 1 unspecified atom stereocenters. The average Bonchev–Trinajstić information content (AvgIpc) is 3.02. The molecule has 0 saturated heterocycles. The summed E-state index contributed by atoms with van der Waals surface area (Å²) in [5.74, 6) is -0.271. The number of ether oxygens (including phenoxy) is 3. The molecule has 2 N–H and O–H groups in total. The van der Waals surface area contributed by atoms with Crippen LogP contribution in [0.1, 0.15) is 11.1 Å². The number of anilines is 2. The molecule has 188 valence electrons. The molecular weight excluding hydrogens is 458 g/mol. The second-order valence-corrected chi connectivity index (χ2v) is 8.39. The van der Waals surface area contributed by atoms with Crippen molar-refractivity contribution in [3.05, 3.63) is 96.1 Å². The van der Waals surface area contributed by atoms with Crippen molar-refractivity contribution in [3.8, 4) is 0 Å². The van der Waals surface area contributed by atoms with E-state index in [0.29, 0.717) is 37.7 Å². The molecule has 1 atom stereocenters. The second kappa shape index (κ2) is 12.8. The number of amides is 2. The van der Waals surface area contributed by atoms with Gasteiger partial charge in [-0.05, 0) is 23.3 Å². The van der Waals surface area contributed by atoms with Gasteiger partial charge in [0.15, 0.2) is 0 Å².